The van der Waals surface area contributed by atoms with Crippen LogP contribution in [-0.2, 0) is 28.0 Å². The number of rotatable bonds is 9. The lowest BCUT2D eigenvalue weighted by Crippen LogP contribution is -2.45. The molecule has 0 bridgehead atoms. The van der Waals surface area contributed by atoms with Gasteiger partial charge in [-0.15, -0.1) is 0 Å². The van der Waals surface area contributed by atoms with Crippen LogP contribution in [0.25, 0.3) is 11.0 Å². The lowest BCUT2D eigenvalue weighted by Gasteiger charge is -2.25. The van der Waals surface area contributed by atoms with Crippen molar-refractivity contribution >= 4 is 26.9 Å². The van der Waals surface area contributed by atoms with E-state index in [2.05, 4.69) is 6.07 Å². The number of halogens is 1. The molecule has 1 atom stereocenters. The number of amides is 1. The maximum Gasteiger partial charge on any atom is 0.277 e. The summed E-state index contributed by atoms with van der Waals surface area (Å²) < 4.78 is 52.7. The second-order valence-electron chi connectivity index (χ2n) is 8.12. The largest absolute Gasteiger partial charge is 0.489 e. The number of hydrogen-bond donors (Lipinski definition) is 1. The first kappa shape index (κ1) is 24.9. The van der Waals surface area contributed by atoms with Crippen molar-refractivity contribution in [1.29, 1.82) is 5.26 Å². The van der Waals surface area contributed by atoms with Crippen LogP contribution in [0.5, 0.6) is 5.75 Å². The molecule has 8 nitrogen and oxygen atoms in total. The second kappa shape index (κ2) is 10.2. The minimum atomic E-state index is -4.32. The summed E-state index contributed by atoms with van der Waals surface area (Å²) in [5.41, 5.74) is 7.59. The van der Waals surface area contributed by atoms with Gasteiger partial charge in [-0.25, -0.2) is 12.8 Å². The quantitative estimate of drug-likeness (QED) is 0.364. The Kier molecular flexibility index (Phi) is 7.05. The highest BCUT2D eigenvalue weighted by Gasteiger charge is 2.34. The molecule has 10 heteroatoms. The van der Waals surface area contributed by atoms with Crippen molar-refractivity contribution in [3.63, 3.8) is 0 Å². The number of carbonyl (C=O) groups is 1. The Labute approximate surface area is 207 Å². The van der Waals surface area contributed by atoms with Gasteiger partial charge >= 0.3 is 0 Å². The molecule has 0 saturated carbocycles. The molecular weight excluding hydrogens is 485 g/mol. The smallest absolute Gasteiger partial charge is 0.277 e. The van der Waals surface area contributed by atoms with Crippen LogP contribution in [0.4, 0.5) is 4.39 Å². The number of hydrogen-bond acceptors (Lipinski definition) is 6. The average molecular weight is 508 g/mol. The van der Waals surface area contributed by atoms with E-state index in [-0.39, 0.29) is 24.1 Å². The van der Waals surface area contributed by atoms with E-state index in [0.29, 0.717) is 16.9 Å². The number of furan rings is 1. The third-order valence-corrected chi connectivity index (χ3v) is 7.36. The summed E-state index contributed by atoms with van der Waals surface area (Å²) >= 11 is 0. The molecule has 0 radical (unpaired) electrons. The first-order valence-electron chi connectivity index (χ1n) is 10.9. The number of primary amides is 1. The van der Waals surface area contributed by atoms with Crippen molar-refractivity contribution in [2.75, 3.05) is 0 Å². The maximum absolute atomic E-state index is 13.6. The maximum atomic E-state index is 13.6. The van der Waals surface area contributed by atoms with Crippen molar-refractivity contribution in [2.24, 2.45) is 5.73 Å². The summed E-state index contributed by atoms with van der Waals surface area (Å²) in [6, 6.07) is 19.5. The zero-order valence-electron chi connectivity index (χ0n) is 19.2. The van der Waals surface area contributed by atoms with Gasteiger partial charge in [0.15, 0.2) is 0 Å². The van der Waals surface area contributed by atoms with Crippen LogP contribution in [0.3, 0.4) is 0 Å². The van der Waals surface area contributed by atoms with Crippen molar-refractivity contribution < 1.29 is 26.8 Å². The third kappa shape index (κ3) is 5.38. The normalized spacial score (nSPS) is 12.4. The van der Waals surface area contributed by atoms with Gasteiger partial charge in [0.2, 0.25) is 11.0 Å². The molecule has 0 saturated heterocycles. The third-order valence-electron chi connectivity index (χ3n) is 5.59. The zero-order chi connectivity index (χ0) is 25.9. The van der Waals surface area contributed by atoms with Crippen molar-refractivity contribution in [3.8, 4) is 11.8 Å². The van der Waals surface area contributed by atoms with Gasteiger partial charge in [0.05, 0.1) is 11.6 Å². The number of sulfonamides is 1. The van der Waals surface area contributed by atoms with E-state index in [9.17, 15) is 17.6 Å². The van der Waals surface area contributed by atoms with Crippen molar-refractivity contribution in [2.45, 2.75) is 31.2 Å². The predicted molar refractivity (Wildman–Crippen MR) is 129 cm³/mol. The fourth-order valence-corrected chi connectivity index (χ4v) is 5.10. The summed E-state index contributed by atoms with van der Waals surface area (Å²) in [7, 11) is -4.32. The van der Waals surface area contributed by atoms with Gasteiger partial charge in [-0.2, -0.15) is 9.57 Å². The van der Waals surface area contributed by atoms with Crippen LogP contribution < -0.4 is 10.5 Å². The highest BCUT2D eigenvalue weighted by atomic mass is 32.2. The second-order valence-corrected chi connectivity index (χ2v) is 9.94. The van der Waals surface area contributed by atoms with Crippen LogP contribution in [0.2, 0.25) is 0 Å². The molecule has 1 amide bonds. The van der Waals surface area contributed by atoms with E-state index in [1.54, 1.807) is 48.5 Å². The first-order chi connectivity index (χ1) is 17.2. The first-order valence-corrected chi connectivity index (χ1v) is 12.3. The van der Waals surface area contributed by atoms with Gasteiger partial charge in [-0.05, 0) is 60.5 Å². The highest BCUT2D eigenvalue weighted by Crippen LogP contribution is 2.28. The highest BCUT2D eigenvalue weighted by molar-refractivity contribution is 7.89. The summed E-state index contributed by atoms with van der Waals surface area (Å²) in [5.74, 6) is -0.887. The van der Waals surface area contributed by atoms with Crippen LogP contribution in [0.1, 0.15) is 23.6 Å². The van der Waals surface area contributed by atoms with E-state index in [1.165, 1.54) is 19.1 Å². The number of benzene rings is 3. The fraction of sp³-hybridized carbons (Fsp3) is 0.154. The Morgan fingerprint density at radius 2 is 1.86 bits per heavy atom. The lowest BCUT2D eigenvalue weighted by atomic mass is 10.1. The Hall–Kier alpha value is -4.20. The van der Waals surface area contributed by atoms with E-state index < -0.39 is 32.9 Å². The number of nitriles is 1. The van der Waals surface area contributed by atoms with Gasteiger partial charge in [0, 0.05) is 18.0 Å². The summed E-state index contributed by atoms with van der Waals surface area (Å²) in [4.78, 5) is 12.0. The van der Waals surface area contributed by atoms with Gasteiger partial charge in [-0.3, -0.25) is 4.79 Å². The summed E-state index contributed by atoms with van der Waals surface area (Å²) in [6.07, 6.45) is 0. The summed E-state index contributed by atoms with van der Waals surface area (Å²) in [6.45, 7) is 1.43. The molecule has 0 fully saturated rings. The molecule has 0 aliphatic heterocycles. The lowest BCUT2D eigenvalue weighted by molar-refractivity contribution is -0.121. The molecule has 4 aromatic rings. The minimum absolute atomic E-state index is 0.189. The number of nitrogens with two attached hydrogens (primary N) is 1. The molecule has 4 rings (SSSR count). The van der Waals surface area contributed by atoms with Crippen LogP contribution in [0.15, 0.2) is 82.3 Å². The number of carbonyl (C=O) groups excluding carboxylic acids is 1. The molecule has 36 heavy (non-hydrogen) atoms. The van der Waals surface area contributed by atoms with Gasteiger partial charge in [0.25, 0.3) is 10.0 Å². The molecule has 0 unspecified atom stereocenters. The van der Waals surface area contributed by atoms with E-state index in [4.69, 9.17) is 20.1 Å². The molecule has 1 aromatic heterocycles. The predicted octanol–water partition coefficient (Wildman–Crippen LogP) is 4.09. The minimum Gasteiger partial charge on any atom is -0.489 e. The van der Waals surface area contributed by atoms with Gasteiger partial charge in [0.1, 0.15) is 29.8 Å². The zero-order valence-corrected chi connectivity index (χ0v) is 20.0. The van der Waals surface area contributed by atoms with E-state index >= 15 is 0 Å². The Morgan fingerprint density at radius 1 is 1.11 bits per heavy atom. The van der Waals surface area contributed by atoms with Crippen LogP contribution >= 0.6 is 0 Å². The topological polar surface area (TPSA) is 127 Å². The number of ether oxygens (including phenoxy) is 1. The Balaban J connectivity index is 1.59. The standard InChI is InChI=1S/C26H22FN3O5S/c1-17(26(29)31)30(36(32,33)25-13-21-12-22(27)9-10-24(21)35-25)15-20-3-2-4-23(11-20)34-16-19-7-5-18(14-28)6-8-19/h2-13,17H,15-16H2,1H3,(H2,29,31)/t17-/m0/s1. The monoisotopic (exact) mass is 507 g/mol. The van der Waals surface area contributed by atoms with Crippen LogP contribution in [-0.4, -0.2) is 24.7 Å². The summed E-state index contributed by atoms with van der Waals surface area (Å²) in [5, 5.41) is 8.76. The SMILES string of the molecule is C[C@@H](C(N)=O)N(Cc1cccc(OCc2ccc(C#N)cc2)c1)S(=O)(=O)c1cc2cc(F)ccc2o1. The average Bonchev–Trinajstić information content (AvgIpc) is 3.30. The number of nitrogens with zero attached hydrogens (tertiary/aromatic N) is 2. The Morgan fingerprint density at radius 3 is 2.56 bits per heavy atom. The fourth-order valence-electron chi connectivity index (χ4n) is 3.56. The molecule has 1 heterocycles. The van der Waals surface area contributed by atoms with E-state index in [1.807, 2.05) is 0 Å². The molecule has 0 aliphatic carbocycles. The molecular formula is C26H22FN3O5S. The molecule has 0 aliphatic rings. The van der Waals surface area contributed by atoms with Gasteiger partial charge < -0.3 is 14.9 Å². The molecule has 0 spiro atoms. The van der Waals surface area contributed by atoms with Crippen LogP contribution in [0, 0.1) is 17.1 Å². The molecule has 184 valence electrons. The van der Waals surface area contributed by atoms with E-state index in [0.717, 1.165) is 22.0 Å². The number of fused-ring (bicyclic) bond motifs is 1. The molecule has 3 aromatic carbocycles. The van der Waals surface area contributed by atoms with Crippen molar-refractivity contribution in [3.05, 3.63) is 95.3 Å². The molecule has 2 N–H and O–H groups in total. The Bertz CT molecular complexity index is 1560. The van der Waals surface area contributed by atoms with Gasteiger partial charge in [-0.1, -0.05) is 24.3 Å². The van der Waals surface area contributed by atoms with Crippen molar-refractivity contribution in [1.82, 2.24) is 4.31 Å².